The van der Waals surface area contributed by atoms with Crippen molar-refractivity contribution in [3.8, 4) is 0 Å². The molecule has 2 aromatic carbocycles. The second kappa shape index (κ2) is 17.8. The molecule has 0 amide bonds. The van der Waals surface area contributed by atoms with Crippen molar-refractivity contribution in [2.75, 3.05) is 0 Å². The van der Waals surface area contributed by atoms with Gasteiger partial charge in [0.1, 0.15) is 36.7 Å². The van der Waals surface area contributed by atoms with E-state index < -0.39 is 11.5 Å². The van der Waals surface area contributed by atoms with Gasteiger partial charge in [-0.1, -0.05) is 47.5 Å². The monoisotopic (exact) mass is 836 g/mol. The van der Waals surface area contributed by atoms with Crippen molar-refractivity contribution in [3.63, 3.8) is 0 Å². The van der Waals surface area contributed by atoms with E-state index in [0.717, 1.165) is 17.0 Å². The van der Waals surface area contributed by atoms with Crippen LogP contribution in [0, 0.1) is 27.7 Å². The van der Waals surface area contributed by atoms with Crippen LogP contribution in [-0.4, -0.2) is 58.3 Å². The van der Waals surface area contributed by atoms with Crippen LogP contribution >= 0.6 is 34.8 Å². The van der Waals surface area contributed by atoms with Crippen LogP contribution in [0.3, 0.4) is 0 Å². The molecule has 6 aromatic heterocycles. The van der Waals surface area contributed by atoms with Gasteiger partial charge < -0.3 is 13.8 Å². The minimum Gasteiger partial charge on any atom is -0.391 e. The minimum atomic E-state index is -0.567. The van der Waals surface area contributed by atoms with Gasteiger partial charge in [0.15, 0.2) is 11.0 Å². The number of aromatic amines is 1. The third-order valence-corrected chi connectivity index (χ3v) is 9.23. The Hall–Kier alpha value is -6.11. The first-order chi connectivity index (χ1) is 27.3. The lowest BCUT2D eigenvalue weighted by Gasteiger charge is -2.03. The first-order valence-corrected chi connectivity index (χ1v) is 18.6. The molecule has 0 aliphatic carbocycles. The number of hydrogen-bond acceptors (Lipinski definition) is 12. The average Bonchev–Trinajstić information content (AvgIpc) is 3.91. The third kappa shape index (κ3) is 9.65. The van der Waals surface area contributed by atoms with E-state index in [2.05, 4.69) is 35.3 Å². The molecule has 0 saturated heterocycles. The molecule has 6 heterocycles. The van der Waals surface area contributed by atoms with Crippen LogP contribution in [0.15, 0.2) is 89.2 Å². The van der Waals surface area contributed by atoms with Crippen LogP contribution in [0.5, 0.6) is 0 Å². The molecular weight excluding hydrogens is 803 g/mol. The standard InChI is InChI=1S/C18H17ClN6O3.C11H10Cl2N2O2.C7H8N4O/c1-11-16-17(26)23(10-20-25(16)12(2)21-11)9-15-22-24(18(27)28-15)8-7-13-3-5-14(19)6-4-13;12-7-10-14-15(11(16)17-10)6-5-8-1-3-9(13)4-2-8;1-4-6-7(12)8-3-9-11(6)5(2)10-4/h3-6,10H,7-9H2,1-2H3;1-4H,5-7H2;3H,1-2H3,(H,8,9,12). The van der Waals surface area contributed by atoms with E-state index in [-0.39, 0.29) is 35.3 Å². The number of nitrogens with zero attached hydrogens (tertiary/aromatic N) is 11. The zero-order chi connectivity index (χ0) is 40.8. The highest BCUT2D eigenvalue weighted by Crippen LogP contribution is 2.12. The van der Waals surface area contributed by atoms with Gasteiger partial charge in [-0.15, -0.1) is 21.8 Å². The molecule has 0 bridgehead atoms. The van der Waals surface area contributed by atoms with Crippen molar-refractivity contribution < 1.29 is 8.83 Å². The topological polar surface area (TPSA) is 211 Å². The van der Waals surface area contributed by atoms with Gasteiger partial charge in [0.2, 0.25) is 11.8 Å². The summed E-state index contributed by atoms with van der Waals surface area (Å²) in [7, 11) is 0. The lowest BCUT2D eigenvalue weighted by atomic mass is 10.1. The maximum absolute atomic E-state index is 12.7. The Morgan fingerprint density at radius 2 is 1.16 bits per heavy atom. The Morgan fingerprint density at radius 3 is 1.67 bits per heavy atom. The van der Waals surface area contributed by atoms with Gasteiger partial charge in [0.05, 0.1) is 24.5 Å². The van der Waals surface area contributed by atoms with E-state index in [4.69, 9.17) is 43.6 Å². The summed E-state index contributed by atoms with van der Waals surface area (Å²) < 4.78 is 16.9. The number of hydrogen-bond donors (Lipinski definition) is 1. The first-order valence-electron chi connectivity index (χ1n) is 17.3. The molecule has 1 N–H and O–H groups in total. The molecule has 0 spiro atoms. The number of aryl methyl sites for hydroxylation is 8. The molecule has 0 fully saturated rings. The number of benzene rings is 2. The van der Waals surface area contributed by atoms with Crippen LogP contribution in [0.1, 0.15) is 45.9 Å². The van der Waals surface area contributed by atoms with E-state index in [1.807, 2.05) is 43.3 Å². The largest absolute Gasteiger partial charge is 0.437 e. The lowest BCUT2D eigenvalue weighted by Crippen LogP contribution is -2.24. The Balaban J connectivity index is 0.000000160. The molecule has 0 saturated carbocycles. The van der Waals surface area contributed by atoms with Crippen molar-refractivity contribution in [2.24, 2.45) is 0 Å². The average molecular weight is 838 g/mol. The number of fused-ring (bicyclic) bond motifs is 2. The summed E-state index contributed by atoms with van der Waals surface area (Å²) in [6.45, 7) is 7.96. The summed E-state index contributed by atoms with van der Waals surface area (Å²) in [6.07, 6.45) is 4.04. The van der Waals surface area contributed by atoms with E-state index in [1.165, 1.54) is 35.6 Å². The zero-order valence-electron chi connectivity index (χ0n) is 31.0. The second-order valence-corrected chi connectivity index (χ2v) is 13.7. The van der Waals surface area contributed by atoms with E-state index in [1.54, 1.807) is 32.9 Å². The van der Waals surface area contributed by atoms with Gasteiger partial charge in [0.25, 0.3) is 11.1 Å². The smallest absolute Gasteiger partial charge is 0.391 e. The normalized spacial score (nSPS) is 11.1. The Labute approximate surface area is 336 Å². The van der Waals surface area contributed by atoms with Gasteiger partial charge in [-0.3, -0.25) is 14.2 Å². The Kier molecular flexibility index (Phi) is 12.7. The van der Waals surface area contributed by atoms with Gasteiger partial charge in [-0.2, -0.15) is 19.6 Å². The summed E-state index contributed by atoms with van der Waals surface area (Å²) in [4.78, 5) is 58.2. The molecule has 8 rings (SSSR count). The van der Waals surface area contributed by atoms with Crippen molar-refractivity contribution in [3.05, 3.63) is 159 Å². The summed E-state index contributed by atoms with van der Waals surface area (Å²) in [5.41, 5.74) is 3.91. The summed E-state index contributed by atoms with van der Waals surface area (Å²) in [6, 6.07) is 14.8. The molecule has 0 radical (unpaired) electrons. The molecule has 296 valence electrons. The molecular formula is C36H35Cl3N12O6. The van der Waals surface area contributed by atoms with E-state index in [0.29, 0.717) is 64.2 Å². The van der Waals surface area contributed by atoms with Crippen molar-refractivity contribution >= 4 is 45.8 Å². The van der Waals surface area contributed by atoms with Gasteiger partial charge in [-0.25, -0.2) is 28.6 Å². The molecule has 0 atom stereocenters. The van der Waals surface area contributed by atoms with Gasteiger partial charge >= 0.3 is 11.5 Å². The summed E-state index contributed by atoms with van der Waals surface area (Å²) in [5.74, 6) is 0.805. The molecule has 57 heavy (non-hydrogen) atoms. The fourth-order valence-corrected chi connectivity index (χ4v) is 6.11. The highest BCUT2D eigenvalue weighted by Gasteiger charge is 2.15. The number of nitrogens with one attached hydrogen (secondary N) is 1. The zero-order valence-corrected chi connectivity index (χ0v) is 33.3. The highest BCUT2D eigenvalue weighted by molar-refractivity contribution is 6.30. The number of imidazole rings is 2. The fraction of sp³-hybridized carbons (Fsp3) is 0.278. The maximum atomic E-state index is 12.7. The molecule has 0 aliphatic heterocycles. The SMILES string of the molecule is Cc1nc(C)n2nc[nH]c(=O)c12.Cc1nc(C)n2ncn(Cc3nn(CCc4ccc(Cl)cc4)c(=O)o3)c(=O)c12.O=c1oc(CCl)nn1CCc1ccc(Cl)cc1. The van der Waals surface area contributed by atoms with Crippen LogP contribution < -0.4 is 22.6 Å². The molecule has 18 nitrogen and oxygen atoms in total. The van der Waals surface area contributed by atoms with E-state index in [9.17, 15) is 19.2 Å². The van der Waals surface area contributed by atoms with Crippen LogP contribution in [-0.2, 0) is 38.4 Å². The van der Waals surface area contributed by atoms with Gasteiger partial charge in [-0.05, 0) is 75.9 Å². The molecule has 21 heteroatoms. The number of H-pyrrole nitrogens is 1. The van der Waals surface area contributed by atoms with Crippen LogP contribution in [0.2, 0.25) is 10.0 Å². The number of rotatable bonds is 9. The Bertz CT molecular complexity index is 2880. The second-order valence-electron chi connectivity index (χ2n) is 12.5. The predicted molar refractivity (Wildman–Crippen MR) is 210 cm³/mol. The number of aromatic nitrogens is 12. The predicted octanol–water partition coefficient (Wildman–Crippen LogP) is 4.11. The summed E-state index contributed by atoms with van der Waals surface area (Å²) in [5, 5.41) is 17.7. The van der Waals surface area contributed by atoms with Crippen molar-refractivity contribution in [1.29, 1.82) is 0 Å². The Morgan fingerprint density at radius 1 is 0.667 bits per heavy atom. The number of halogens is 3. The van der Waals surface area contributed by atoms with Crippen molar-refractivity contribution in [1.82, 2.24) is 58.3 Å². The lowest BCUT2D eigenvalue weighted by molar-refractivity contribution is 0.433. The van der Waals surface area contributed by atoms with Gasteiger partial charge in [0, 0.05) is 10.0 Å². The fourth-order valence-electron chi connectivity index (χ4n) is 5.75. The van der Waals surface area contributed by atoms with Crippen molar-refractivity contribution in [2.45, 2.75) is 66.1 Å². The summed E-state index contributed by atoms with van der Waals surface area (Å²) >= 11 is 17.2. The number of alkyl halides is 1. The van der Waals surface area contributed by atoms with Crippen LogP contribution in [0.25, 0.3) is 11.0 Å². The minimum absolute atomic E-state index is 0.00911. The van der Waals surface area contributed by atoms with Crippen LogP contribution in [0.4, 0.5) is 0 Å². The first kappa shape index (κ1) is 40.6. The third-order valence-electron chi connectivity index (χ3n) is 8.50. The highest BCUT2D eigenvalue weighted by atomic mass is 35.5. The molecule has 8 aromatic rings. The quantitative estimate of drug-likeness (QED) is 0.204. The molecule has 0 unspecified atom stereocenters. The maximum Gasteiger partial charge on any atom is 0.437 e. The van der Waals surface area contributed by atoms with E-state index >= 15 is 0 Å². The molecule has 0 aliphatic rings.